The van der Waals surface area contributed by atoms with Gasteiger partial charge in [-0.2, -0.15) is 4.98 Å². The third-order valence-electron chi connectivity index (χ3n) is 5.54. The summed E-state index contributed by atoms with van der Waals surface area (Å²) in [5, 5.41) is 7.07. The van der Waals surface area contributed by atoms with E-state index in [1.165, 1.54) is 5.56 Å². The standard InChI is InChI=1S/C26H24N4O3/c31-26(27-16-15-19-9-3-1-4-10-19)30-17-21(18-30)32-23-14-8-7-13-22(23)25-28-24(29-33-25)20-11-5-2-6-12-20/h1-14,21H,15-18H2,(H,27,31). The van der Waals surface area contributed by atoms with E-state index in [9.17, 15) is 4.79 Å². The Balaban J connectivity index is 1.16. The molecule has 4 aromatic rings. The normalized spacial score (nSPS) is 13.4. The van der Waals surface area contributed by atoms with Gasteiger partial charge in [-0.25, -0.2) is 4.79 Å². The largest absolute Gasteiger partial charge is 0.486 e. The zero-order chi connectivity index (χ0) is 22.5. The van der Waals surface area contributed by atoms with Crippen LogP contribution in [0.4, 0.5) is 4.79 Å². The first-order chi connectivity index (χ1) is 16.3. The molecule has 0 aliphatic carbocycles. The topological polar surface area (TPSA) is 80.5 Å². The van der Waals surface area contributed by atoms with Crippen LogP contribution in [0.3, 0.4) is 0 Å². The number of aromatic nitrogens is 2. The third kappa shape index (κ3) is 4.87. The number of para-hydroxylation sites is 1. The molecular formula is C26H24N4O3. The third-order valence-corrected chi connectivity index (χ3v) is 5.54. The second kappa shape index (κ2) is 9.56. The molecule has 2 heterocycles. The molecule has 0 unspecified atom stereocenters. The number of hydrogen-bond acceptors (Lipinski definition) is 5. The zero-order valence-corrected chi connectivity index (χ0v) is 18.1. The number of nitrogens with one attached hydrogen (secondary N) is 1. The highest BCUT2D eigenvalue weighted by Gasteiger charge is 2.33. The van der Waals surface area contributed by atoms with Gasteiger partial charge in [0, 0.05) is 12.1 Å². The van der Waals surface area contributed by atoms with E-state index in [0.717, 1.165) is 17.5 Å². The number of amides is 2. The van der Waals surface area contributed by atoms with E-state index < -0.39 is 0 Å². The summed E-state index contributed by atoms with van der Waals surface area (Å²) in [5.74, 6) is 1.59. The summed E-state index contributed by atoms with van der Waals surface area (Å²) in [4.78, 5) is 18.6. The quantitative estimate of drug-likeness (QED) is 0.460. The van der Waals surface area contributed by atoms with Crippen molar-refractivity contribution in [2.75, 3.05) is 19.6 Å². The van der Waals surface area contributed by atoms with Crippen molar-refractivity contribution in [3.05, 3.63) is 90.5 Å². The number of carbonyl (C=O) groups is 1. The van der Waals surface area contributed by atoms with Crippen molar-refractivity contribution in [2.24, 2.45) is 0 Å². The Morgan fingerprint density at radius 1 is 0.970 bits per heavy atom. The molecule has 1 aliphatic heterocycles. The van der Waals surface area contributed by atoms with Gasteiger partial charge in [0.25, 0.3) is 5.89 Å². The maximum atomic E-state index is 12.4. The van der Waals surface area contributed by atoms with Crippen molar-refractivity contribution >= 4 is 6.03 Å². The van der Waals surface area contributed by atoms with Gasteiger partial charge in [0.05, 0.1) is 18.7 Å². The molecule has 0 atom stereocenters. The van der Waals surface area contributed by atoms with Crippen molar-refractivity contribution < 1.29 is 14.1 Å². The molecule has 33 heavy (non-hydrogen) atoms. The van der Waals surface area contributed by atoms with Crippen LogP contribution in [-0.4, -0.2) is 46.8 Å². The van der Waals surface area contributed by atoms with Gasteiger partial charge in [-0.15, -0.1) is 0 Å². The number of ether oxygens (including phenoxy) is 1. The zero-order valence-electron chi connectivity index (χ0n) is 18.1. The number of carbonyl (C=O) groups excluding carboxylic acids is 1. The molecule has 1 aliphatic rings. The molecule has 1 aromatic heterocycles. The molecule has 1 N–H and O–H groups in total. The van der Waals surface area contributed by atoms with Gasteiger partial charge in [0.1, 0.15) is 11.9 Å². The first-order valence-corrected chi connectivity index (χ1v) is 11.0. The smallest absolute Gasteiger partial charge is 0.317 e. The summed E-state index contributed by atoms with van der Waals surface area (Å²) in [6.45, 7) is 1.67. The van der Waals surface area contributed by atoms with Crippen molar-refractivity contribution in [3.63, 3.8) is 0 Å². The Labute approximate surface area is 192 Å². The summed E-state index contributed by atoms with van der Waals surface area (Å²) in [6, 6.07) is 27.3. The van der Waals surface area contributed by atoms with Crippen molar-refractivity contribution in [2.45, 2.75) is 12.5 Å². The van der Waals surface area contributed by atoms with Crippen LogP contribution in [0.2, 0.25) is 0 Å². The predicted octanol–water partition coefficient (Wildman–Crippen LogP) is 4.42. The molecule has 2 amide bonds. The van der Waals surface area contributed by atoms with Crippen LogP contribution < -0.4 is 10.1 Å². The predicted molar refractivity (Wildman–Crippen MR) is 125 cm³/mol. The van der Waals surface area contributed by atoms with E-state index in [4.69, 9.17) is 9.26 Å². The molecule has 7 nitrogen and oxygen atoms in total. The minimum atomic E-state index is -0.0810. The van der Waals surface area contributed by atoms with E-state index in [1.807, 2.05) is 72.8 Å². The molecular weight excluding hydrogens is 416 g/mol. The van der Waals surface area contributed by atoms with E-state index in [2.05, 4.69) is 27.6 Å². The monoisotopic (exact) mass is 440 g/mol. The molecule has 0 spiro atoms. The lowest BCUT2D eigenvalue weighted by Crippen LogP contribution is -2.59. The maximum Gasteiger partial charge on any atom is 0.317 e. The Kier molecular flexibility index (Phi) is 6.01. The van der Waals surface area contributed by atoms with Gasteiger partial charge in [-0.1, -0.05) is 78.0 Å². The minimum Gasteiger partial charge on any atom is -0.486 e. The lowest BCUT2D eigenvalue weighted by Gasteiger charge is -2.39. The summed E-state index contributed by atoms with van der Waals surface area (Å²) in [7, 11) is 0. The fourth-order valence-corrected chi connectivity index (χ4v) is 3.71. The van der Waals surface area contributed by atoms with E-state index >= 15 is 0 Å². The molecule has 0 saturated carbocycles. The van der Waals surface area contributed by atoms with Gasteiger partial charge in [-0.05, 0) is 24.1 Å². The van der Waals surface area contributed by atoms with Gasteiger partial charge in [0.2, 0.25) is 5.82 Å². The average molecular weight is 441 g/mol. The van der Waals surface area contributed by atoms with E-state index in [1.54, 1.807) is 4.90 Å². The highest BCUT2D eigenvalue weighted by molar-refractivity contribution is 5.75. The number of rotatable bonds is 7. The van der Waals surface area contributed by atoms with Crippen molar-refractivity contribution in [1.29, 1.82) is 0 Å². The van der Waals surface area contributed by atoms with Crippen LogP contribution in [-0.2, 0) is 6.42 Å². The Morgan fingerprint density at radius 2 is 1.67 bits per heavy atom. The Bertz CT molecular complexity index is 1200. The summed E-state index contributed by atoms with van der Waals surface area (Å²) in [6.07, 6.45) is 0.727. The van der Waals surface area contributed by atoms with Crippen molar-refractivity contribution in [3.8, 4) is 28.6 Å². The summed E-state index contributed by atoms with van der Waals surface area (Å²) >= 11 is 0. The van der Waals surface area contributed by atoms with E-state index in [0.29, 0.717) is 37.1 Å². The van der Waals surface area contributed by atoms with Gasteiger partial charge >= 0.3 is 6.03 Å². The van der Waals surface area contributed by atoms with Crippen LogP contribution in [0.1, 0.15) is 5.56 Å². The fourth-order valence-electron chi connectivity index (χ4n) is 3.71. The van der Waals surface area contributed by atoms with E-state index in [-0.39, 0.29) is 12.1 Å². The molecule has 7 heteroatoms. The lowest BCUT2D eigenvalue weighted by molar-refractivity contribution is 0.0448. The van der Waals surface area contributed by atoms with Crippen LogP contribution in [0.5, 0.6) is 5.75 Å². The SMILES string of the molecule is O=C(NCCc1ccccc1)N1CC(Oc2ccccc2-c2nc(-c3ccccc3)no2)C1. The highest BCUT2D eigenvalue weighted by atomic mass is 16.5. The number of urea groups is 1. The summed E-state index contributed by atoms with van der Waals surface area (Å²) in [5.41, 5.74) is 2.83. The average Bonchev–Trinajstić information content (AvgIpc) is 3.33. The van der Waals surface area contributed by atoms with Gasteiger partial charge in [-0.3, -0.25) is 0 Å². The lowest BCUT2D eigenvalue weighted by atomic mass is 10.1. The number of benzene rings is 3. The molecule has 1 saturated heterocycles. The Morgan fingerprint density at radius 3 is 2.45 bits per heavy atom. The van der Waals surface area contributed by atoms with Crippen LogP contribution in [0, 0.1) is 0 Å². The maximum absolute atomic E-state index is 12.4. The second-order valence-electron chi connectivity index (χ2n) is 7.90. The van der Waals surface area contributed by atoms with Crippen LogP contribution >= 0.6 is 0 Å². The molecule has 1 fully saturated rings. The fraction of sp³-hybridized carbons (Fsp3) is 0.192. The van der Waals surface area contributed by atoms with Crippen molar-refractivity contribution in [1.82, 2.24) is 20.4 Å². The molecule has 3 aromatic carbocycles. The highest BCUT2D eigenvalue weighted by Crippen LogP contribution is 2.31. The van der Waals surface area contributed by atoms with Gasteiger partial charge < -0.3 is 19.5 Å². The van der Waals surface area contributed by atoms with Crippen LogP contribution in [0.25, 0.3) is 22.8 Å². The summed E-state index contributed by atoms with van der Waals surface area (Å²) < 4.78 is 11.7. The van der Waals surface area contributed by atoms with Crippen LogP contribution in [0.15, 0.2) is 89.5 Å². The first-order valence-electron chi connectivity index (χ1n) is 11.0. The minimum absolute atomic E-state index is 0.0662. The van der Waals surface area contributed by atoms with Gasteiger partial charge in [0.15, 0.2) is 0 Å². The number of likely N-dealkylation sites (tertiary alicyclic amines) is 1. The molecule has 0 radical (unpaired) electrons. The Hall–Kier alpha value is -4.13. The molecule has 0 bridgehead atoms. The number of nitrogens with zero attached hydrogens (tertiary/aromatic N) is 3. The first kappa shape index (κ1) is 20.8. The number of hydrogen-bond donors (Lipinski definition) is 1. The second-order valence-corrected chi connectivity index (χ2v) is 7.90. The molecule has 166 valence electrons. The molecule has 5 rings (SSSR count).